The Hall–Kier alpha value is -1.23. The average Bonchev–Trinajstić information content (AvgIpc) is 2.93. The third kappa shape index (κ3) is 2.71. The standard InChI is InChI=1S/C14H14BrFN2O/c15-11-7-6-10(8-12(11)16)14-18-17-13(19-14)9-4-2-1-3-5-9/h6-9H,1-5H2. The first kappa shape index (κ1) is 12.8. The molecule has 0 aliphatic heterocycles. The van der Waals surface area contributed by atoms with Gasteiger partial charge in [0.25, 0.3) is 0 Å². The molecule has 3 nitrogen and oxygen atoms in total. The topological polar surface area (TPSA) is 38.9 Å². The Morgan fingerprint density at radius 2 is 1.95 bits per heavy atom. The van der Waals surface area contributed by atoms with Crippen LogP contribution in [-0.4, -0.2) is 10.2 Å². The van der Waals surface area contributed by atoms with Crippen LogP contribution in [0, 0.1) is 5.82 Å². The highest BCUT2D eigenvalue weighted by atomic mass is 79.9. The average molecular weight is 325 g/mol. The van der Waals surface area contributed by atoms with Crippen molar-refractivity contribution in [1.29, 1.82) is 0 Å². The van der Waals surface area contributed by atoms with Gasteiger partial charge in [-0.2, -0.15) is 0 Å². The van der Waals surface area contributed by atoms with Crippen LogP contribution in [0.4, 0.5) is 4.39 Å². The second-order valence-electron chi connectivity index (χ2n) is 4.91. The Bertz CT molecular complexity index is 579. The zero-order valence-electron chi connectivity index (χ0n) is 10.4. The van der Waals surface area contributed by atoms with Gasteiger partial charge in [0.15, 0.2) is 0 Å². The first-order chi connectivity index (χ1) is 9.24. The highest BCUT2D eigenvalue weighted by molar-refractivity contribution is 9.10. The minimum absolute atomic E-state index is 0.324. The van der Waals surface area contributed by atoms with Crippen molar-refractivity contribution in [3.8, 4) is 11.5 Å². The Morgan fingerprint density at radius 1 is 1.16 bits per heavy atom. The van der Waals surface area contributed by atoms with Gasteiger partial charge in [-0.1, -0.05) is 19.3 Å². The molecule has 1 aromatic heterocycles. The first-order valence-corrected chi connectivity index (χ1v) is 7.32. The van der Waals surface area contributed by atoms with E-state index in [2.05, 4.69) is 26.1 Å². The van der Waals surface area contributed by atoms with Crippen molar-refractivity contribution in [2.24, 2.45) is 0 Å². The predicted octanol–water partition coefficient (Wildman–Crippen LogP) is 4.69. The summed E-state index contributed by atoms with van der Waals surface area (Å²) in [5.41, 5.74) is 0.621. The molecule has 100 valence electrons. The second-order valence-corrected chi connectivity index (χ2v) is 5.76. The van der Waals surface area contributed by atoms with Crippen LogP contribution in [0.15, 0.2) is 27.1 Å². The Morgan fingerprint density at radius 3 is 2.68 bits per heavy atom. The van der Waals surface area contributed by atoms with E-state index < -0.39 is 0 Å². The van der Waals surface area contributed by atoms with Crippen molar-refractivity contribution >= 4 is 15.9 Å². The van der Waals surface area contributed by atoms with E-state index in [-0.39, 0.29) is 5.82 Å². The molecule has 0 bridgehead atoms. The summed E-state index contributed by atoms with van der Waals surface area (Å²) in [5, 5.41) is 8.15. The fourth-order valence-corrected chi connectivity index (χ4v) is 2.74. The van der Waals surface area contributed by atoms with Gasteiger partial charge in [-0.15, -0.1) is 10.2 Å². The maximum Gasteiger partial charge on any atom is 0.247 e. The minimum atomic E-state index is -0.324. The Balaban J connectivity index is 1.85. The highest BCUT2D eigenvalue weighted by Gasteiger charge is 2.21. The fourth-order valence-electron chi connectivity index (χ4n) is 2.49. The summed E-state index contributed by atoms with van der Waals surface area (Å²) in [6, 6.07) is 4.82. The van der Waals surface area contributed by atoms with Crippen molar-refractivity contribution in [3.05, 3.63) is 34.4 Å². The van der Waals surface area contributed by atoms with E-state index in [9.17, 15) is 4.39 Å². The molecule has 2 aromatic rings. The minimum Gasteiger partial charge on any atom is -0.420 e. The molecule has 0 N–H and O–H groups in total. The van der Waals surface area contributed by atoms with Crippen LogP contribution in [0.3, 0.4) is 0 Å². The molecule has 1 aliphatic carbocycles. The summed E-state index contributed by atoms with van der Waals surface area (Å²) in [4.78, 5) is 0. The van der Waals surface area contributed by atoms with E-state index in [1.54, 1.807) is 12.1 Å². The molecule has 1 saturated carbocycles. The van der Waals surface area contributed by atoms with Crippen molar-refractivity contribution in [2.75, 3.05) is 0 Å². The normalized spacial score (nSPS) is 16.7. The number of hydrogen-bond acceptors (Lipinski definition) is 3. The van der Waals surface area contributed by atoms with E-state index in [0.717, 1.165) is 12.8 Å². The molecule has 1 aromatic carbocycles. The van der Waals surface area contributed by atoms with Crippen LogP contribution >= 0.6 is 15.9 Å². The summed E-state index contributed by atoms with van der Waals surface area (Å²) in [6.07, 6.45) is 5.94. The summed E-state index contributed by atoms with van der Waals surface area (Å²) in [5.74, 6) is 1.13. The number of aromatic nitrogens is 2. The summed E-state index contributed by atoms with van der Waals surface area (Å²) >= 11 is 3.13. The monoisotopic (exact) mass is 324 g/mol. The van der Waals surface area contributed by atoms with Gasteiger partial charge in [0.1, 0.15) is 5.82 Å². The number of benzene rings is 1. The first-order valence-electron chi connectivity index (χ1n) is 6.53. The number of halogens is 2. The molecule has 5 heteroatoms. The van der Waals surface area contributed by atoms with Crippen molar-refractivity contribution in [3.63, 3.8) is 0 Å². The zero-order chi connectivity index (χ0) is 13.2. The molecule has 0 radical (unpaired) electrons. The quantitative estimate of drug-likeness (QED) is 0.804. The van der Waals surface area contributed by atoms with Gasteiger partial charge in [-0.05, 0) is 47.0 Å². The third-order valence-corrected chi connectivity index (χ3v) is 4.20. The van der Waals surface area contributed by atoms with E-state index in [1.165, 1.54) is 25.3 Å². The smallest absolute Gasteiger partial charge is 0.247 e. The van der Waals surface area contributed by atoms with Crippen LogP contribution in [0.1, 0.15) is 43.9 Å². The van der Waals surface area contributed by atoms with Gasteiger partial charge in [-0.25, -0.2) is 4.39 Å². The largest absolute Gasteiger partial charge is 0.420 e. The van der Waals surface area contributed by atoms with Gasteiger partial charge in [-0.3, -0.25) is 0 Å². The molecule has 3 rings (SSSR count). The molecule has 19 heavy (non-hydrogen) atoms. The van der Waals surface area contributed by atoms with E-state index >= 15 is 0 Å². The number of hydrogen-bond donors (Lipinski definition) is 0. The molecule has 1 fully saturated rings. The van der Waals surface area contributed by atoms with Gasteiger partial charge < -0.3 is 4.42 Å². The summed E-state index contributed by atoms with van der Waals surface area (Å²) in [6.45, 7) is 0. The molecule has 0 spiro atoms. The molecule has 0 saturated heterocycles. The zero-order valence-corrected chi connectivity index (χ0v) is 12.0. The number of rotatable bonds is 2. The summed E-state index contributed by atoms with van der Waals surface area (Å²) in [7, 11) is 0. The maximum atomic E-state index is 13.5. The van der Waals surface area contributed by atoms with Crippen molar-refractivity contribution in [2.45, 2.75) is 38.0 Å². The van der Waals surface area contributed by atoms with Gasteiger partial charge >= 0.3 is 0 Å². The van der Waals surface area contributed by atoms with E-state index in [1.807, 2.05) is 0 Å². The second kappa shape index (κ2) is 5.41. The van der Waals surface area contributed by atoms with Gasteiger partial charge in [0, 0.05) is 11.5 Å². The van der Waals surface area contributed by atoms with Crippen molar-refractivity contribution < 1.29 is 8.81 Å². The molecular formula is C14H14BrFN2O. The lowest BCUT2D eigenvalue weighted by Crippen LogP contribution is -2.04. The van der Waals surface area contributed by atoms with Crippen molar-refractivity contribution in [1.82, 2.24) is 10.2 Å². The predicted molar refractivity (Wildman–Crippen MR) is 73.2 cm³/mol. The van der Waals surface area contributed by atoms with E-state index in [4.69, 9.17) is 4.42 Å². The highest BCUT2D eigenvalue weighted by Crippen LogP contribution is 2.33. The van der Waals surface area contributed by atoms with Gasteiger partial charge in [0.2, 0.25) is 11.8 Å². The lowest BCUT2D eigenvalue weighted by molar-refractivity contribution is 0.367. The molecule has 0 atom stereocenters. The lowest BCUT2D eigenvalue weighted by Gasteiger charge is -2.17. The van der Waals surface area contributed by atoms with Crippen LogP contribution in [0.2, 0.25) is 0 Å². The summed E-state index contributed by atoms with van der Waals surface area (Å²) < 4.78 is 19.6. The van der Waals surface area contributed by atoms with Crippen LogP contribution < -0.4 is 0 Å². The molecule has 0 amide bonds. The van der Waals surface area contributed by atoms with Crippen LogP contribution in [0.5, 0.6) is 0 Å². The Labute approximate surface area is 119 Å². The third-order valence-electron chi connectivity index (χ3n) is 3.56. The fraction of sp³-hybridized carbons (Fsp3) is 0.429. The number of nitrogens with zero attached hydrogens (tertiary/aromatic N) is 2. The molecule has 1 aliphatic rings. The van der Waals surface area contributed by atoms with Crippen LogP contribution in [0.25, 0.3) is 11.5 Å². The molecular weight excluding hydrogens is 311 g/mol. The van der Waals surface area contributed by atoms with Gasteiger partial charge in [0.05, 0.1) is 4.47 Å². The maximum absolute atomic E-state index is 13.5. The van der Waals surface area contributed by atoms with E-state index in [0.29, 0.717) is 27.7 Å². The Kier molecular flexibility index (Phi) is 3.64. The molecule has 1 heterocycles. The molecule has 0 unspecified atom stereocenters. The lowest BCUT2D eigenvalue weighted by atomic mass is 9.89. The SMILES string of the molecule is Fc1cc(-c2nnc(C3CCCCC3)o2)ccc1Br. The van der Waals surface area contributed by atoms with Crippen LogP contribution in [-0.2, 0) is 0 Å².